The molecule has 17 heavy (non-hydrogen) atoms. The fourth-order valence-electron chi connectivity index (χ4n) is 1.98. The maximum atomic E-state index is 12.0. The first-order chi connectivity index (χ1) is 8.11. The van der Waals surface area contributed by atoms with E-state index in [2.05, 4.69) is 10.3 Å². The highest BCUT2D eigenvalue weighted by Gasteiger charge is 2.28. The van der Waals surface area contributed by atoms with E-state index in [9.17, 15) is 4.79 Å². The maximum Gasteiger partial charge on any atom is 0.292 e. The molecule has 92 valence electrons. The molecule has 0 aliphatic carbocycles. The number of oxime groups is 1. The summed E-state index contributed by atoms with van der Waals surface area (Å²) in [5.74, 6) is 0.176. The van der Waals surface area contributed by atoms with Gasteiger partial charge in [-0.2, -0.15) is 0 Å². The summed E-state index contributed by atoms with van der Waals surface area (Å²) >= 11 is 0. The summed E-state index contributed by atoms with van der Waals surface area (Å²) in [5.41, 5.74) is 1.43. The summed E-state index contributed by atoms with van der Waals surface area (Å²) in [6, 6.07) is 1.63. The van der Waals surface area contributed by atoms with E-state index in [1.807, 2.05) is 6.92 Å². The number of nitrogens with zero attached hydrogens (tertiary/aromatic N) is 3. The molecule has 6 heteroatoms. The molecule has 0 radical (unpaired) electrons. The van der Waals surface area contributed by atoms with Crippen molar-refractivity contribution in [3.8, 4) is 0 Å². The van der Waals surface area contributed by atoms with Crippen molar-refractivity contribution < 1.29 is 14.5 Å². The van der Waals surface area contributed by atoms with Crippen LogP contribution >= 0.6 is 0 Å². The van der Waals surface area contributed by atoms with Crippen molar-refractivity contribution in [3.63, 3.8) is 0 Å². The fourth-order valence-corrected chi connectivity index (χ4v) is 1.98. The number of aryl methyl sites for hydroxylation is 1. The third-order valence-electron chi connectivity index (χ3n) is 2.96. The van der Waals surface area contributed by atoms with Gasteiger partial charge in [-0.05, 0) is 6.92 Å². The molecule has 2 heterocycles. The molecule has 1 saturated heterocycles. The Morgan fingerprint density at radius 2 is 2.47 bits per heavy atom. The van der Waals surface area contributed by atoms with E-state index in [0.29, 0.717) is 25.2 Å². The quantitative estimate of drug-likeness (QED) is 0.589. The molecule has 1 N–H and O–H groups in total. The summed E-state index contributed by atoms with van der Waals surface area (Å²) in [6.07, 6.45) is 0.594. The maximum absolute atomic E-state index is 12.0. The largest absolute Gasteiger partial charge is 0.411 e. The predicted octanol–water partition coefficient (Wildman–Crippen LogP) is 1.30. The second-order valence-electron chi connectivity index (χ2n) is 4.33. The Bertz CT molecular complexity index is 453. The van der Waals surface area contributed by atoms with Gasteiger partial charge in [0.1, 0.15) is 0 Å². The third kappa shape index (κ3) is 2.30. The van der Waals surface area contributed by atoms with Crippen molar-refractivity contribution in [1.29, 1.82) is 0 Å². The van der Waals surface area contributed by atoms with Gasteiger partial charge in [0.05, 0.1) is 11.4 Å². The van der Waals surface area contributed by atoms with Crippen LogP contribution in [0, 0.1) is 12.8 Å². The van der Waals surface area contributed by atoms with Crippen molar-refractivity contribution in [2.75, 3.05) is 13.1 Å². The molecular formula is C11H15N3O3. The molecule has 1 fully saturated rings. The average molecular weight is 237 g/mol. The highest BCUT2D eigenvalue weighted by molar-refractivity contribution is 5.94. The second-order valence-corrected chi connectivity index (χ2v) is 4.33. The number of amides is 1. The predicted molar refractivity (Wildman–Crippen MR) is 60.1 cm³/mol. The summed E-state index contributed by atoms with van der Waals surface area (Å²) in [6.45, 7) is 4.79. The Hall–Kier alpha value is -1.85. The van der Waals surface area contributed by atoms with Gasteiger partial charge in [-0.15, -0.1) is 0 Å². The van der Waals surface area contributed by atoms with E-state index in [1.165, 1.54) is 0 Å². The number of hydrogen-bond acceptors (Lipinski definition) is 5. The first kappa shape index (κ1) is 11.6. The number of piperidine rings is 1. The molecule has 1 atom stereocenters. The highest BCUT2D eigenvalue weighted by Crippen LogP contribution is 2.16. The number of hydrogen-bond donors (Lipinski definition) is 1. The fraction of sp³-hybridized carbons (Fsp3) is 0.545. The van der Waals surface area contributed by atoms with Crippen LogP contribution in [0.25, 0.3) is 0 Å². The molecule has 2 rings (SSSR count). The molecule has 1 amide bonds. The lowest BCUT2D eigenvalue weighted by Gasteiger charge is -2.30. The van der Waals surface area contributed by atoms with E-state index < -0.39 is 0 Å². The Balaban J connectivity index is 2.07. The number of carbonyl (C=O) groups is 1. The van der Waals surface area contributed by atoms with Crippen molar-refractivity contribution in [3.05, 3.63) is 17.5 Å². The van der Waals surface area contributed by atoms with E-state index in [1.54, 1.807) is 17.9 Å². The van der Waals surface area contributed by atoms with Gasteiger partial charge in [0.2, 0.25) is 5.76 Å². The Morgan fingerprint density at radius 1 is 1.71 bits per heavy atom. The second kappa shape index (κ2) is 4.57. The smallest absolute Gasteiger partial charge is 0.292 e. The minimum Gasteiger partial charge on any atom is -0.411 e. The summed E-state index contributed by atoms with van der Waals surface area (Å²) in [7, 11) is 0. The molecule has 0 saturated carbocycles. The van der Waals surface area contributed by atoms with Gasteiger partial charge in [-0.1, -0.05) is 17.2 Å². The molecule has 1 aromatic rings. The zero-order valence-corrected chi connectivity index (χ0v) is 9.88. The van der Waals surface area contributed by atoms with E-state index in [4.69, 9.17) is 9.73 Å². The van der Waals surface area contributed by atoms with Crippen LogP contribution in [0.4, 0.5) is 0 Å². The lowest BCUT2D eigenvalue weighted by Crippen LogP contribution is -2.43. The van der Waals surface area contributed by atoms with Gasteiger partial charge in [-0.25, -0.2) is 0 Å². The van der Waals surface area contributed by atoms with E-state index in [-0.39, 0.29) is 17.6 Å². The first-order valence-corrected chi connectivity index (χ1v) is 5.55. The molecule has 1 aliphatic heterocycles. The lowest BCUT2D eigenvalue weighted by molar-refractivity contribution is 0.0692. The SMILES string of the molecule is Cc1cc(C(=O)N2CCC(=NO)C(C)C2)on1. The van der Waals surface area contributed by atoms with Crippen LogP contribution in [-0.2, 0) is 0 Å². The van der Waals surface area contributed by atoms with Crippen LogP contribution in [0.2, 0.25) is 0 Å². The van der Waals surface area contributed by atoms with Crippen molar-refractivity contribution in [2.24, 2.45) is 11.1 Å². The number of rotatable bonds is 1. The van der Waals surface area contributed by atoms with Gasteiger partial charge in [0.15, 0.2) is 0 Å². The average Bonchev–Trinajstić information content (AvgIpc) is 2.75. The van der Waals surface area contributed by atoms with E-state index in [0.717, 1.165) is 5.71 Å². The Kier molecular flexibility index (Phi) is 3.12. The van der Waals surface area contributed by atoms with Gasteiger partial charge < -0.3 is 14.6 Å². The normalized spacial score (nSPS) is 23.1. The van der Waals surface area contributed by atoms with Crippen LogP contribution in [-0.4, -0.2) is 40.0 Å². The molecular weight excluding hydrogens is 222 g/mol. The number of likely N-dealkylation sites (tertiary alicyclic amines) is 1. The minimum absolute atomic E-state index is 0.0710. The van der Waals surface area contributed by atoms with Crippen molar-refractivity contribution in [2.45, 2.75) is 20.3 Å². The van der Waals surface area contributed by atoms with Crippen LogP contribution in [0.1, 0.15) is 29.6 Å². The molecule has 6 nitrogen and oxygen atoms in total. The van der Waals surface area contributed by atoms with Gasteiger partial charge >= 0.3 is 0 Å². The summed E-state index contributed by atoms with van der Waals surface area (Å²) < 4.78 is 4.95. The van der Waals surface area contributed by atoms with E-state index >= 15 is 0 Å². The van der Waals surface area contributed by atoms with Crippen molar-refractivity contribution in [1.82, 2.24) is 10.1 Å². The number of aromatic nitrogens is 1. The molecule has 1 aliphatic rings. The Labute approximate surface area is 98.9 Å². The Morgan fingerprint density at radius 3 is 3.00 bits per heavy atom. The van der Waals surface area contributed by atoms with Gasteiger partial charge in [0.25, 0.3) is 5.91 Å². The molecule has 1 aromatic heterocycles. The topological polar surface area (TPSA) is 78.9 Å². The van der Waals surface area contributed by atoms with Crippen molar-refractivity contribution >= 4 is 11.6 Å². The molecule has 0 aromatic carbocycles. The van der Waals surface area contributed by atoms with Crippen LogP contribution < -0.4 is 0 Å². The monoisotopic (exact) mass is 237 g/mol. The third-order valence-corrected chi connectivity index (χ3v) is 2.96. The van der Waals surface area contributed by atoms with Crippen LogP contribution in [0.15, 0.2) is 15.7 Å². The summed E-state index contributed by atoms with van der Waals surface area (Å²) in [4.78, 5) is 13.7. The van der Waals surface area contributed by atoms with Crippen LogP contribution in [0.5, 0.6) is 0 Å². The molecule has 0 bridgehead atoms. The first-order valence-electron chi connectivity index (χ1n) is 5.55. The highest BCUT2D eigenvalue weighted by atomic mass is 16.5. The zero-order valence-electron chi connectivity index (χ0n) is 9.88. The standard InChI is InChI=1S/C11H15N3O3/c1-7-6-14(4-3-9(7)12-16)11(15)10-5-8(2)13-17-10/h5,7,16H,3-4,6H2,1-2H3. The van der Waals surface area contributed by atoms with Gasteiger partial charge in [-0.3, -0.25) is 4.79 Å². The molecule has 0 spiro atoms. The molecule has 1 unspecified atom stereocenters. The van der Waals surface area contributed by atoms with Crippen LogP contribution in [0.3, 0.4) is 0 Å². The number of carbonyl (C=O) groups excluding carboxylic acids is 1. The summed E-state index contributed by atoms with van der Waals surface area (Å²) in [5, 5.41) is 15.7. The van der Waals surface area contributed by atoms with Gasteiger partial charge in [0, 0.05) is 31.5 Å². The lowest BCUT2D eigenvalue weighted by atomic mass is 9.97. The zero-order chi connectivity index (χ0) is 12.4. The minimum atomic E-state index is -0.158.